The van der Waals surface area contributed by atoms with Gasteiger partial charge in [-0.15, -0.1) is 11.3 Å². The summed E-state index contributed by atoms with van der Waals surface area (Å²) in [5.74, 6) is 0.537. The molecule has 0 spiro atoms. The summed E-state index contributed by atoms with van der Waals surface area (Å²) in [5, 5.41) is 1.82. The van der Waals surface area contributed by atoms with Crippen LogP contribution in [0.2, 0.25) is 0 Å². The van der Waals surface area contributed by atoms with E-state index in [0.717, 1.165) is 0 Å². The molecule has 0 radical (unpaired) electrons. The van der Waals surface area contributed by atoms with E-state index in [9.17, 15) is 9.59 Å². The largest absolute Gasteiger partial charge is 0.497 e. The van der Waals surface area contributed by atoms with Gasteiger partial charge in [0.2, 0.25) is 0 Å². The molecular formula is C21H16O4S. The van der Waals surface area contributed by atoms with Crippen molar-refractivity contribution in [3.63, 3.8) is 0 Å². The Bertz CT molecular complexity index is 925. The maximum absolute atomic E-state index is 12.3. The molecule has 1 heterocycles. The van der Waals surface area contributed by atoms with Crippen LogP contribution in [0.1, 0.15) is 25.6 Å². The lowest BCUT2D eigenvalue weighted by Crippen LogP contribution is -2.07. The van der Waals surface area contributed by atoms with Gasteiger partial charge < -0.3 is 9.47 Å². The van der Waals surface area contributed by atoms with Crippen LogP contribution in [-0.4, -0.2) is 18.9 Å². The van der Waals surface area contributed by atoms with Crippen molar-refractivity contribution in [3.8, 4) is 11.5 Å². The van der Waals surface area contributed by atoms with Crippen molar-refractivity contribution < 1.29 is 19.1 Å². The molecule has 0 atom stereocenters. The van der Waals surface area contributed by atoms with E-state index in [2.05, 4.69) is 0 Å². The SMILES string of the molecule is COc1ccc(C(=O)/C=C/c2ccccc2OC(=O)c2cccs2)cc1. The smallest absolute Gasteiger partial charge is 0.353 e. The van der Waals surface area contributed by atoms with Crippen molar-refractivity contribution in [1.29, 1.82) is 0 Å². The number of ketones is 1. The molecule has 0 bridgehead atoms. The van der Waals surface area contributed by atoms with Crippen LogP contribution in [0.15, 0.2) is 72.1 Å². The van der Waals surface area contributed by atoms with E-state index in [1.54, 1.807) is 67.8 Å². The van der Waals surface area contributed by atoms with Crippen LogP contribution in [0.4, 0.5) is 0 Å². The van der Waals surface area contributed by atoms with E-state index in [-0.39, 0.29) is 5.78 Å². The average Bonchev–Trinajstić information content (AvgIpc) is 3.22. The van der Waals surface area contributed by atoms with Gasteiger partial charge in [0.25, 0.3) is 0 Å². The topological polar surface area (TPSA) is 52.6 Å². The van der Waals surface area contributed by atoms with Gasteiger partial charge in [-0.05, 0) is 53.9 Å². The fourth-order valence-corrected chi connectivity index (χ4v) is 2.87. The Morgan fingerprint density at radius 3 is 2.42 bits per heavy atom. The second kappa shape index (κ2) is 8.27. The highest BCUT2D eigenvalue weighted by molar-refractivity contribution is 7.12. The van der Waals surface area contributed by atoms with Gasteiger partial charge in [0.1, 0.15) is 16.4 Å². The highest BCUT2D eigenvalue weighted by atomic mass is 32.1. The fraction of sp³-hybridized carbons (Fsp3) is 0.0476. The summed E-state index contributed by atoms with van der Waals surface area (Å²) in [6, 6.07) is 17.5. The molecule has 4 nitrogen and oxygen atoms in total. The summed E-state index contributed by atoms with van der Waals surface area (Å²) in [6.07, 6.45) is 3.10. The number of allylic oxidation sites excluding steroid dienone is 1. The van der Waals surface area contributed by atoms with Crippen LogP contribution >= 0.6 is 11.3 Å². The fourth-order valence-electron chi connectivity index (χ4n) is 2.27. The van der Waals surface area contributed by atoms with Crippen LogP contribution in [0.3, 0.4) is 0 Å². The zero-order valence-corrected chi connectivity index (χ0v) is 14.9. The summed E-state index contributed by atoms with van der Waals surface area (Å²) < 4.78 is 10.5. The first-order chi connectivity index (χ1) is 12.7. The number of carbonyl (C=O) groups is 2. The van der Waals surface area contributed by atoms with Crippen molar-refractivity contribution in [2.45, 2.75) is 0 Å². The lowest BCUT2D eigenvalue weighted by atomic mass is 10.1. The van der Waals surface area contributed by atoms with Crippen LogP contribution in [0.5, 0.6) is 11.5 Å². The van der Waals surface area contributed by atoms with E-state index in [4.69, 9.17) is 9.47 Å². The molecule has 3 aromatic rings. The van der Waals surface area contributed by atoms with Crippen molar-refractivity contribution in [1.82, 2.24) is 0 Å². The predicted molar refractivity (Wildman–Crippen MR) is 102 cm³/mol. The molecule has 0 aliphatic carbocycles. The monoisotopic (exact) mass is 364 g/mol. The number of hydrogen-bond donors (Lipinski definition) is 0. The summed E-state index contributed by atoms with van der Waals surface area (Å²) in [7, 11) is 1.57. The van der Waals surface area contributed by atoms with Gasteiger partial charge in [-0.3, -0.25) is 4.79 Å². The number of hydrogen-bond acceptors (Lipinski definition) is 5. The van der Waals surface area contributed by atoms with E-state index in [0.29, 0.717) is 27.5 Å². The lowest BCUT2D eigenvalue weighted by molar-refractivity contribution is 0.0739. The van der Waals surface area contributed by atoms with Gasteiger partial charge in [-0.2, -0.15) is 0 Å². The third-order valence-electron chi connectivity index (χ3n) is 3.63. The lowest BCUT2D eigenvalue weighted by Gasteiger charge is -2.06. The van der Waals surface area contributed by atoms with Crippen molar-refractivity contribution in [2.24, 2.45) is 0 Å². The Labute approximate surface area is 155 Å². The number of esters is 1. The van der Waals surface area contributed by atoms with E-state index in [1.807, 2.05) is 11.4 Å². The average molecular weight is 364 g/mol. The van der Waals surface area contributed by atoms with Crippen LogP contribution in [0, 0.1) is 0 Å². The minimum Gasteiger partial charge on any atom is -0.497 e. The molecule has 0 aliphatic heterocycles. The van der Waals surface area contributed by atoms with Crippen LogP contribution in [0.25, 0.3) is 6.08 Å². The van der Waals surface area contributed by atoms with Crippen molar-refractivity contribution in [3.05, 3.63) is 88.1 Å². The number of thiophene rings is 1. The molecule has 0 aliphatic rings. The molecule has 26 heavy (non-hydrogen) atoms. The molecule has 3 rings (SSSR count). The molecule has 0 unspecified atom stereocenters. The highest BCUT2D eigenvalue weighted by Gasteiger charge is 2.11. The summed E-state index contributed by atoms with van der Waals surface area (Å²) in [4.78, 5) is 25.0. The quantitative estimate of drug-likeness (QED) is 0.271. The first-order valence-electron chi connectivity index (χ1n) is 7.88. The van der Waals surface area contributed by atoms with Crippen molar-refractivity contribution in [2.75, 3.05) is 7.11 Å². The second-order valence-corrected chi connectivity index (χ2v) is 6.28. The maximum Gasteiger partial charge on any atom is 0.353 e. The molecule has 2 aromatic carbocycles. The van der Waals surface area contributed by atoms with E-state index >= 15 is 0 Å². The molecule has 0 saturated heterocycles. The standard InChI is InChI=1S/C21H16O4S/c1-24-17-11-8-15(9-12-17)18(22)13-10-16-5-2-3-6-19(16)25-21(23)20-7-4-14-26-20/h2-14H,1H3/b13-10+. The van der Waals surface area contributed by atoms with E-state index in [1.165, 1.54) is 17.4 Å². The molecule has 0 saturated carbocycles. The Hall–Kier alpha value is -3.18. The molecule has 1 aromatic heterocycles. The third kappa shape index (κ3) is 4.26. The summed E-state index contributed by atoms with van der Waals surface area (Å²) >= 11 is 1.32. The molecule has 130 valence electrons. The summed E-state index contributed by atoms with van der Waals surface area (Å²) in [6.45, 7) is 0. The number of methoxy groups -OCH3 is 1. The third-order valence-corrected chi connectivity index (χ3v) is 4.48. The van der Waals surface area contributed by atoms with Crippen LogP contribution in [-0.2, 0) is 0 Å². The Kier molecular flexibility index (Phi) is 5.61. The zero-order valence-electron chi connectivity index (χ0n) is 14.0. The van der Waals surface area contributed by atoms with Crippen LogP contribution < -0.4 is 9.47 Å². The van der Waals surface area contributed by atoms with Gasteiger partial charge >= 0.3 is 5.97 Å². The molecular weight excluding hydrogens is 348 g/mol. The van der Waals surface area contributed by atoms with Gasteiger partial charge in [-0.25, -0.2) is 4.79 Å². The Morgan fingerprint density at radius 1 is 0.962 bits per heavy atom. The molecule has 0 fully saturated rings. The maximum atomic E-state index is 12.3. The normalized spacial score (nSPS) is 10.7. The Balaban J connectivity index is 1.75. The molecule has 0 amide bonds. The van der Waals surface area contributed by atoms with Crippen molar-refractivity contribution >= 4 is 29.2 Å². The first kappa shape index (κ1) is 17.6. The second-order valence-electron chi connectivity index (χ2n) is 5.33. The predicted octanol–water partition coefficient (Wildman–Crippen LogP) is 4.87. The van der Waals surface area contributed by atoms with Gasteiger partial charge in [-0.1, -0.05) is 24.3 Å². The van der Waals surface area contributed by atoms with E-state index < -0.39 is 5.97 Å². The Morgan fingerprint density at radius 2 is 1.73 bits per heavy atom. The van der Waals surface area contributed by atoms with Gasteiger partial charge in [0, 0.05) is 11.1 Å². The first-order valence-corrected chi connectivity index (χ1v) is 8.76. The number of ether oxygens (including phenoxy) is 2. The molecule has 0 N–H and O–H groups in total. The zero-order chi connectivity index (χ0) is 18.4. The minimum absolute atomic E-state index is 0.146. The number of carbonyl (C=O) groups excluding carboxylic acids is 2. The number of para-hydroxylation sites is 1. The highest BCUT2D eigenvalue weighted by Crippen LogP contribution is 2.22. The van der Waals surface area contributed by atoms with Gasteiger partial charge in [0.15, 0.2) is 5.78 Å². The molecule has 5 heteroatoms. The van der Waals surface area contributed by atoms with Gasteiger partial charge in [0.05, 0.1) is 7.11 Å². The summed E-state index contributed by atoms with van der Waals surface area (Å²) in [5.41, 5.74) is 1.20. The minimum atomic E-state index is -0.415. The number of rotatable bonds is 6. The number of benzene rings is 2.